The molecule has 1 unspecified atom stereocenters. The number of thiol groups is 1. The predicted octanol–water partition coefficient (Wildman–Crippen LogP) is 6.16. The molecule has 0 saturated heterocycles. The van der Waals surface area contributed by atoms with Crippen LogP contribution in [0.4, 0.5) is 17.1 Å². The summed E-state index contributed by atoms with van der Waals surface area (Å²) in [7, 11) is 0. The molecule has 0 bridgehead atoms. The summed E-state index contributed by atoms with van der Waals surface area (Å²) in [4.78, 5) is 21.5. The molecule has 1 atom stereocenters. The van der Waals surface area contributed by atoms with Crippen molar-refractivity contribution in [3.63, 3.8) is 0 Å². The summed E-state index contributed by atoms with van der Waals surface area (Å²) in [5.74, 6) is -0.212. The van der Waals surface area contributed by atoms with Crippen molar-refractivity contribution in [1.82, 2.24) is 9.97 Å². The molecule has 2 heterocycles. The molecule has 2 aromatic heterocycles. The van der Waals surface area contributed by atoms with Crippen molar-refractivity contribution in [2.75, 3.05) is 16.4 Å². The monoisotopic (exact) mass is 497 g/mol. The van der Waals surface area contributed by atoms with Crippen LogP contribution in [0.2, 0.25) is 0 Å². The Labute approximate surface area is 212 Å². The Balaban J connectivity index is 1.28. The highest BCUT2D eigenvalue weighted by atomic mass is 32.1. The molecule has 0 aliphatic rings. The van der Waals surface area contributed by atoms with Crippen LogP contribution in [-0.2, 0) is 6.54 Å². The first-order valence-electron chi connectivity index (χ1n) is 11.0. The minimum Gasteiger partial charge on any atom is -0.397 e. The standard InChI is InChI=1S/C27H23N5OS2/c28-21-5-1-2-6-22(21)31-26(33)19-9-7-18(8-10-19)25(34)27-32-23-12-11-20(14-24(23)35-27)30-16-17-4-3-13-29-15-17/h1-15,25,30,34H,16,28H2,(H,31,33). The number of thiazole rings is 1. The number of hydrogen-bond acceptors (Lipinski definition) is 7. The number of anilines is 3. The third-order valence-corrected chi connectivity index (χ3v) is 7.36. The van der Waals surface area contributed by atoms with Crippen LogP contribution < -0.4 is 16.4 Å². The van der Waals surface area contributed by atoms with E-state index in [0.29, 0.717) is 23.5 Å². The Hall–Kier alpha value is -3.88. The van der Waals surface area contributed by atoms with E-state index in [1.807, 2.05) is 54.7 Å². The average molecular weight is 498 g/mol. The van der Waals surface area contributed by atoms with Crippen LogP contribution in [-0.4, -0.2) is 15.9 Å². The number of para-hydroxylation sites is 2. The van der Waals surface area contributed by atoms with Gasteiger partial charge in [-0.1, -0.05) is 30.3 Å². The van der Waals surface area contributed by atoms with E-state index < -0.39 is 0 Å². The summed E-state index contributed by atoms with van der Waals surface area (Å²) in [6.07, 6.45) is 3.62. The molecule has 0 aliphatic heterocycles. The minimum atomic E-state index is -0.212. The lowest BCUT2D eigenvalue weighted by atomic mass is 10.1. The van der Waals surface area contributed by atoms with Crippen LogP contribution in [0, 0.1) is 0 Å². The number of nitrogens with one attached hydrogen (secondary N) is 2. The molecule has 3 aromatic carbocycles. The first-order chi connectivity index (χ1) is 17.1. The van der Waals surface area contributed by atoms with Crippen LogP contribution >= 0.6 is 24.0 Å². The van der Waals surface area contributed by atoms with Gasteiger partial charge in [0.1, 0.15) is 5.01 Å². The number of nitrogens with two attached hydrogens (primary N) is 1. The number of pyridine rings is 1. The molecule has 5 rings (SSSR count). The number of fused-ring (bicyclic) bond motifs is 1. The lowest BCUT2D eigenvalue weighted by Crippen LogP contribution is -2.13. The van der Waals surface area contributed by atoms with Crippen molar-refractivity contribution < 1.29 is 4.79 Å². The first kappa shape index (κ1) is 22.9. The molecule has 6 nitrogen and oxygen atoms in total. The molecule has 4 N–H and O–H groups in total. The number of nitrogens with zero attached hydrogens (tertiary/aromatic N) is 2. The maximum Gasteiger partial charge on any atom is 0.255 e. The van der Waals surface area contributed by atoms with E-state index >= 15 is 0 Å². The fraction of sp³-hybridized carbons (Fsp3) is 0.0741. The molecule has 0 saturated carbocycles. The topological polar surface area (TPSA) is 92.9 Å². The maximum absolute atomic E-state index is 12.6. The quantitative estimate of drug-likeness (QED) is 0.160. The molecule has 1 amide bonds. The summed E-state index contributed by atoms with van der Waals surface area (Å²) in [5, 5.41) is 6.99. The van der Waals surface area contributed by atoms with Gasteiger partial charge in [-0.15, -0.1) is 11.3 Å². The Bertz CT molecular complexity index is 1470. The van der Waals surface area contributed by atoms with Gasteiger partial charge in [0.15, 0.2) is 0 Å². The Kier molecular flexibility index (Phi) is 6.65. The molecular weight excluding hydrogens is 474 g/mol. The number of benzene rings is 3. The van der Waals surface area contributed by atoms with Gasteiger partial charge in [0, 0.05) is 30.2 Å². The highest BCUT2D eigenvalue weighted by molar-refractivity contribution is 7.81. The zero-order valence-corrected chi connectivity index (χ0v) is 20.4. The maximum atomic E-state index is 12.6. The van der Waals surface area contributed by atoms with Crippen LogP contribution in [0.5, 0.6) is 0 Å². The second kappa shape index (κ2) is 10.2. The van der Waals surface area contributed by atoms with Crippen molar-refractivity contribution in [3.8, 4) is 0 Å². The molecule has 35 heavy (non-hydrogen) atoms. The molecule has 0 aliphatic carbocycles. The fourth-order valence-corrected chi connectivity index (χ4v) is 5.05. The fourth-order valence-electron chi connectivity index (χ4n) is 3.64. The highest BCUT2D eigenvalue weighted by Gasteiger charge is 2.16. The lowest BCUT2D eigenvalue weighted by molar-refractivity contribution is 0.102. The van der Waals surface area contributed by atoms with Crippen molar-refractivity contribution in [2.45, 2.75) is 11.8 Å². The molecule has 0 fully saturated rings. The van der Waals surface area contributed by atoms with Gasteiger partial charge in [0.2, 0.25) is 0 Å². The normalized spacial score (nSPS) is 11.8. The van der Waals surface area contributed by atoms with E-state index in [-0.39, 0.29) is 11.2 Å². The van der Waals surface area contributed by atoms with E-state index in [0.717, 1.165) is 32.0 Å². The van der Waals surface area contributed by atoms with Gasteiger partial charge in [-0.2, -0.15) is 12.6 Å². The third-order valence-electron chi connectivity index (χ3n) is 5.56. The van der Waals surface area contributed by atoms with E-state index in [1.54, 1.807) is 41.8 Å². The number of carbonyl (C=O) groups excluding carboxylic acids is 1. The summed E-state index contributed by atoms with van der Waals surface area (Å²) < 4.78 is 1.09. The van der Waals surface area contributed by atoms with Gasteiger partial charge in [0.05, 0.1) is 26.8 Å². The van der Waals surface area contributed by atoms with Crippen LogP contribution in [0.15, 0.2) is 91.3 Å². The summed E-state index contributed by atoms with van der Waals surface area (Å²) in [6.45, 7) is 0.705. The summed E-state index contributed by atoms with van der Waals surface area (Å²) >= 11 is 6.44. The molecule has 174 valence electrons. The van der Waals surface area contributed by atoms with Crippen molar-refractivity contribution >= 4 is 57.2 Å². The number of amides is 1. The van der Waals surface area contributed by atoms with Gasteiger partial charge in [0.25, 0.3) is 5.91 Å². The van der Waals surface area contributed by atoms with E-state index in [9.17, 15) is 4.79 Å². The van der Waals surface area contributed by atoms with Gasteiger partial charge in [-0.25, -0.2) is 4.98 Å². The molecule has 0 radical (unpaired) electrons. The van der Waals surface area contributed by atoms with Crippen molar-refractivity contribution in [3.05, 3.63) is 113 Å². The second-order valence-electron chi connectivity index (χ2n) is 8.02. The summed E-state index contributed by atoms with van der Waals surface area (Å²) in [5.41, 5.74) is 11.7. The largest absolute Gasteiger partial charge is 0.397 e. The smallest absolute Gasteiger partial charge is 0.255 e. The van der Waals surface area contributed by atoms with Gasteiger partial charge in [-0.05, 0) is 59.7 Å². The minimum absolute atomic E-state index is 0.193. The number of carbonyl (C=O) groups is 1. The van der Waals surface area contributed by atoms with E-state index in [2.05, 4.69) is 21.7 Å². The number of aromatic nitrogens is 2. The summed E-state index contributed by atoms with van der Waals surface area (Å²) in [6, 6.07) is 24.7. The Morgan fingerprint density at radius 3 is 2.63 bits per heavy atom. The zero-order valence-electron chi connectivity index (χ0n) is 18.7. The van der Waals surface area contributed by atoms with E-state index in [4.69, 9.17) is 23.3 Å². The van der Waals surface area contributed by atoms with Gasteiger partial charge >= 0.3 is 0 Å². The van der Waals surface area contributed by atoms with Crippen LogP contribution in [0.3, 0.4) is 0 Å². The first-order valence-corrected chi connectivity index (χ1v) is 12.4. The van der Waals surface area contributed by atoms with Crippen molar-refractivity contribution in [1.29, 1.82) is 0 Å². The number of hydrogen-bond donors (Lipinski definition) is 4. The average Bonchev–Trinajstić information content (AvgIpc) is 3.32. The predicted molar refractivity (Wildman–Crippen MR) is 147 cm³/mol. The van der Waals surface area contributed by atoms with Gasteiger partial charge < -0.3 is 16.4 Å². The number of rotatable bonds is 7. The van der Waals surface area contributed by atoms with Crippen molar-refractivity contribution in [2.24, 2.45) is 0 Å². The van der Waals surface area contributed by atoms with E-state index in [1.165, 1.54) is 0 Å². The third kappa shape index (κ3) is 5.29. The SMILES string of the molecule is Nc1ccccc1NC(=O)c1ccc(C(S)c2nc3ccc(NCc4cccnc4)cc3s2)cc1. The molecular formula is C27H23N5OS2. The van der Waals surface area contributed by atoms with Crippen LogP contribution in [0.25, 0.3) is 10.2 Å². The zero-order chi connectivity index (χ0) is 24.2. The number of nitrogen functional groups attached to an aromatic ring is 1. The molecule has 5 aromatic rings. The van der Waals surface area contributed by atoms with Gasteiger partial charge in [-0.3, -0.25) is 9.78 Å². The second-order valence-corrected chi connectivity index (χ2v) is 9.59. The highest BCUT2D eigenvalue weighted by Crippen LogP contribution is 2.35. The van der Waals surface area contributed by atoms with Crippen LogP contribution in [0.1, 0.15) is 31.7 Å². The lowest BCUT2D eigenvalue weighted by Gasteiger charge is -2.10. The Morgan fingerprint density at radius 1 is 1.03 bits per heavy atom. The Morgan fingerprint density at radius 2 is 1.86 bits per heavy atom. The molecule has 8 heteroatoms. The molecule has 0 spiro atoms.